The average molecular weight is 233 g/mol. The molecule has 4 heteroatoms. The summed E-state index contributed by atoms with van der Waals surface area (Å²) in [4.78, 5) is 9.78. The molecule has 1 atom stereocenters. The highest BCUT2D eigenvalue weighted by atomic mass is 32.1. The first-order valence-electron chi connectivity index (χ1n) is 5.33. The van der Waals surface area contributed by atoms with E-state index >= 15 is 0 Å². The fraction of sp³-hybridized carbons (Fsp3) is 0.333. The second-order valence-electron chi connectivity index (χ2n) is 3.75. The van der Waals surface area contributed by atoms with Gasteiger partial charge in [-0.15, -0.1) is 11.3 Å². The Labute approximate surface area is 99.4 Å². The van der Waals surface area contributed by atoms with Crippen LogP contribution in [0.4, 0.5) is 0 Å². The lowest BCUT2D eigenvalue weighted by Gasteiger charge is -2.10. The second-order valence-corrected chi connectivity index (χ2v) is 4.79. The average Bonchev–Trinajstić information content (AvgIpc) is 2.78. The Balaban J connectivity index is 1.95. The number of nitrogens with zero attached hydrogens (tertiary/aromatic N) is 2. The highest BCUT2D eigenvalue weighted by Crippen LogP contribution is 2.17. The zero-order valence-corrected chi connectivity index (χ0v) is 10.1. The van der Waals surface area contributed by atoms with Crippen LogP contribution in [0.2, 0.25) is 0 Å². The number of aromatic nitrogens is 2. The number of aryl methyl sites for hydroxylation is 2. The van der Waals surface area contributed by atoms with Gasteiger partial charge >= 0.3 is 0 Å². The maximum absolute atomic E-state index is 6.09. The van der Waals surface area contributed by atoms with E-state index in [0.29, 0.717) is 0 Å². The monoisotopic (exact) mass is 233 g/mol. The molecule has 2 N–H and O–H groups in total. The maximum Gasteiger partial charge on any atom is 0.125 e. The van der Waals surface area contributed by atoms with Crippen LogP contribution in [0, 0.1) is 6.92 Å². The van der Waals surface area contributed by atoms with Crippen LogP contribution >= 0.6 is 11.3 Å². The van der Waals surface area contributed by atoms with Gasteiger partial charge in [0.05, 0.1) is 5.69 Å². The molecule has 0 amide bonds. The van der Waals surface area contributed by atoms with Crippen LogP contribution in [0.15, 0.2) is 29.8 Å². The Morgan fingerprint density at radius 2 is 2.31 bits per heavy atom. The Morgan fingerprint density at radius 1 is 1.44 bits per heavy atom. The van der Waals surface area contributed by atoms with Gasteiger partial charge in [0, 0.05) is 17.1 Å². The summed E-state index contributed by atoms with van der Waals surface area (Å²) in [6.45, 7) is 1.88. The van der Waals surface area contributed by atoms with Crippen molar-refractivity contribution >= 4 is 11.3 Å². The molecule has 2 aromatic rings. The smallest absolute Gasteiger partial charge is 0.125 e. The van der Waals surface area contributed by atoms with Crippen LogP contribution in [0.1, 0.15) is 28.9 Å². The maximum atomic E-state index is 6.09. The molecule has 0 aliphatic rings. The summed E-state index contributed by atoms with van der Waals surface area (Å²) in [6.07, 6.45) is 3.71. The molecule has 0 bridgehead atoms. The number of nitrogens with two attached hydrogens (primary N) is 1. The van der Waals surface area contributed by atoms with Crippen LogP contribution < -0.4 is 5.73 Å². The van der Waals surface area contributed by atoms with Crippen LogP contribution in [0.25, 0.3) is 0 Å². The summed E-state index contributed by atoms with van der Waals surface area (Å²) in [5.74, 6) is 0.782. The summed E-state index contributed by atoms with van der Waals surface area (Å²) in [7, 11) is 0. The van der Waals surface area contributed by atoms with E-state index in [-0.39, 0.29) is 6.04 Å². The van der Waals surface area contributed by atoms with Gasteiger partial charge in [0.25, 0.3) is 0 Å². The van der Waals surface area contributed by atoms with Crippen molar-refractivity contribution in [1.29, 1.82) is 0 Å². The number of hydrogen-bond donors (Lipinski definition) is 1. The molecule has 0 radical (unpaired) electrons. The zero-order chi connectivity index (χ0) is 11.4. The highest BCUT2D eigenvalue weighted by molar-refractivity contribution is 7.09. The predicted molar refractivity (Wildman–Crippen MR) is 66.3 cm³/mol. The second kappa shape index (κ2) is 5.18. The van der Waals surface area contributed by atoms with Gasteiger partial charge in [0.15, 0.2) is 0 Å². The zero-order valence-electron chi connectivity index (χ0n) is 9.26. The molecular formula is C12H15N3S. The quantitative estimate of drug-likeness (QED) is 0.882. The van der Waals surface area contributed by atoms with Gasteiger partial charge in [-0.2, -0.15) is 0 Å². The Kier molecular flexibility index (Phi) is 3.64. The molecule has 1 unspecified atom stereocenters. The summed E-state index contributed by atoms with van der Waals surface area (Å²) >= 11 is 1.77. The molecule has 0 spiro atoms. The first kappa shape index (κ1) is 11.2. The van der Waals surface area contributed by atoms with E-state index in [1.54, 1.807) is 17.5 Å². The third-order valence-electron chi connectivity index (χ3n) is 2.46. The first-order chi connectivity index (χ1) is 7.75. The Hall–Kier alpha value is -1.26. The number of thiophene rings is 1. The van der Waals surface area contributed by atoms with E-state index in [2.05, 4.69) is 27.5 Å². The van der Waals surface area contributed by atoms with Crippen molar-refractivity contribution in [3.63, 3.8) is 0 Å². The molecular weight excluding hydrogens is 218 g/mol. The van der Waals surface area contributed by atoms with Crippen molar-refractivity contribution in [3.05, 3.63) is 46.2 Å². The summed E-state index contributed by atoms with van der Waals surface area (Å²) in [6, 6.07) is 6.11. The van der Waals surface area contributed by atoms with Gasteiger partial charge in [-0.25, -0.2) is 9.97 Å². The Morgan fingerprint density at radius 3 is 3.00 bits per heavy atom. The molecule has 0 aliphatic heterocycles. The predicted octanol–water partition coefficient (Wildman–Crippen LogP) is 2.48. The lowest BCUT2D eigenvalue weighted by atomic mass is 10.1. The standard InChI is InChI=1S/C12H15N3S/c1-9-14-7-6-12(15-9)11(13)5-4-10-3-2-8-16-10/h2-3,6-8,11H,4-5,13H2,1H3. The molecule has 0 saturated carbocycles. The molecule has 0 fully saturated rings. The van der Waals surface area contributed by atoms with E-state index in [0.717, 1.165) is 24.4 Å². The van der Waals surface area contributed by atoms with Crippen molar-refractivity contribution < 1.29 is 0 Å². The molecule has 3 nitrogen and oxygen atoms in total. The van der Waals surface area contributed by atoms with Crippen molar-refractivity contribution in [2.75, 3.05) is 0 Å². The van der Waals surface area contributed by atoms with Crippen molar-refractivity contribution in [2.24, 2.45) is 5.73 Å². The van der Waals surface area contributed by atoms with E-state index in [9.17, 15) is 0 Å². The number of rotatable bonds is 4. The molecule has 84 valence electrons. The first-order valence-corrected chi connectivity index (χ1v) is 6.21. The summed E-state index contributed by atoms with van der Waals surface area (Å²) in [5, 5.41) is 2.09. The molecule has 2 heterocycles. The van der Waals surface area contributed by atoms with Crippen LogP contribution in [0.3, 0.4) is 0 Å². The fourth-order valence-electron chi connectivity index (χ4n) is 1.58. The van der Waals surface area contributed by atoms with Crippen molar-refractivity contribution in [3.8, 4) is 0 Å². The minimum absolute atomic E-state index is 0.00352. The van der Waals surface area contributed by atoms with Gasteiger partial charge in [-0.3, -0.25) is 0 Å². The molecule has 0 aliphatic carbocycles. The van der Waals surface area contributed by atoms with Gasteiger partial charge in [0.2, 0.25) is 0 Å². The lowest BCUT2D eigenvalue weighted by molar-refractivity contribution is 0.632. The molecule has 16 heavy (non-hydrogen) atoms. The van der Waals surface area contributed by atoms with Crippen molar-refractivity contribution in [2.45, 2.75) is 25.8 Å². The molecule has 0 saturated heterocycles. The van der Waals surface area contributed by atoms with Crippen LogP contribution in [0.5, 0.6) is 0 Å². The van der Waals surface area contributed by atoms with Gasteiger partial charge in [0.1, 0.15) is 5.82 Å². The minimum Gasteiger partial charge on any atom is -0.323 e. The van der Waals surface area contributed by atoms with Crippen LogP contribution in [-0.4, -0.2) is 9.97 Å². The normalized spacial score (nSPS) is 12.6. The van der Waals surface area contributed by atoms with E-state index in [4.69, 9.17) is 5.73 Å². The topological polar surface area (TPSA) is 51.8 Å². The largest absolute Gasteiger partial charge is 0.323 e. The third-order valence-corrected chi connectivity index (χ3v) is 3.40. The molecule has 2 aromatic heterocycles. The Bertz CT molecular complexity index is 439. The van der Waals surface area contributed by atoms with Gasteiger partial charge in [-0.05, 0) is 37.3 Å². The lowest BCUT2D eigenvalue weighted by Crippen LogP contribution is -2.13. The van der Waals surface area contributed by atoms with E-state index < -0.39 is 0 Å². The van der Waals surface area contributed by atoms with Gasteiger partial charge < -0.3 is 5.73 Å². The summed E-state index contributed by atoms with van der Waals surface area (Å²) < 4.78 is 0. The van der Waals surface area contributed by atoms with Gasteiger partial charge in [-0.1, -0.05) is 6.07 Å². The minimum atomic E-state index is 0.00352. The fourth-order valence-corrected chi connectivity index (χ4v) is 2.31. The highest BCUT2D eigenvalue weighted by Gasteiger charge is 2.08. The van der Waals surface area contributed by atoms with Crippen LogP contribution in [-0.2, 0) is 6.42 Å². The van der Waals surface area contributed by atoms with E-state index in [1.807, 2.05) is 13.0 Å². The van der Waals surface area contributed by atoms with Crippen molar-refractivity contribution in [1.82, 2.24) is 9.97 Å². The molecule has 0 aromatic carbocycles. The third kappa shape index (κ3) is 2.87. The summed E-state index contributed by atoms with van der Waals surface area (Å²) in [5.41, 5.74) is 7.03. The van der Waals surface area contributed by atoms with E-state index in [1.165, 1.54) is 4.88 Å². The number of hydrogen-bond acceptors (Lipinski definition) is 4. The molecule has 2 rings (SSSR count). The SMILES string of the molecule is Cc1nccc(C(N)CCc2cccs2)n1.